The normalized spacial score (nSPS) is 10.8. The first-order valence-corrected chi connectivity index (χ1v) is 6.64. The van der Waals surface area contributed by atoms with Crippen molar-refractivity contribution < 1.29 is 17.9 Å². The number of ether oxygens (including phenoxy) is 1. The Hall–Kier alpha value is -1.59. The SMILES string of the molecule is Fc1cc(NCc2c(Cl)cccc2Cl)ccc1OC(F)F. The van der Waals surface area contributed by atoms with E-state index >= 15 is 0 Å². The van der Waals surface area contributed by atoms with Crippen molar-refractivity contribution in [3.8, 4) is 5.75 Å². The van der Waals surface area contributed by atoms with Crippen LogP contribution >= 0.6 is 23.2 Å². The summed E-state index contributed by atoms with van der Waals surface area (Å²) in [6.45, 7) is -2.80. The lowest BCUT2D eigenvalue weighted by atomic mass is 10.2. The van der Waals surface area contributed by atoms with E-state index in [1.807, 2.05) is 0 Å². The van der Waals surface area contributed by atoms with Gasteiger partial charge in [0.2, 0.25) is 0 Å². The van der Waals surface area contributed by atoms with Crippen molar-refractivity contribution in [3.63, 3.8) is 0 Å². The summed E-state index contributed by atoms with van der Waals surface area (Å²) < 4.78 is 41.6. The first-order valence-electron chi connectivity index (χ1n) is 5.88. The van der Waals surface area contributed by atoms with Crippen LogP contribution in [0, 0.1) is 5.82 Å². The molecule has 0 unspecified atom stereocenters. The molecule has 0 spiro atoms. The maximum Gasteiger partial charge on any atom is 0.387 e. The maximum absolute atomic E-state index is 13.5. The van der Waals surface area contributed by atoms with E-state index in [-0.39, 0.29) is 6.54 Å². The van der Waals surface area contributed by atoms with Crippen LogP contribution in [0.5, 0.6) is 5.75 Å². The van der Waals surface area contributed by atoms with Gasteiger partial charge in [-0.25, -0.2) is 4.39 Å². The number of nitrogens with one attached hydrogen (secondary N) is 1. The average molecular weight is 336 g/mol. The fourth-order valence-corrected chi connectivity index (χ4v) is 2.23. The molecule has 112 valence electrons. The Labute approximate surface area is 129 Å². The van der Waals surface area contributed by atoms with Crippen LogP contribution in [0.1, 0.15) is 5.56 Å². The van der Waals surface area contributed by atoms with Gasteiger partial charge in [-0.3, -0.25) is 0 Å². The molecule has 0 aliphatic heterocycles. The summed E-state index contributed by atoms with van der Waals surface area (Å²) in [5, 5.41) is 3.87. The van der Waals surface area contributed by atoms with Crippen LogP contribution in [-0.2, 0) is 6.54 Å². The van der Waals surface area contributed by atoms with Gasteiger partial charge in [-0.05, 0) is 24.3 Å². The van der Waals surface area contributed by atoms with Crippen molar-refractivity contribution in [2.24, 2.45) is 0 Å². The Bertz CT molecular complexity index is 617. The highest BCUT2D eigenvalue weighted by Gasteiger charge is 2.11. The molecule has 2 aromatic carbocycles. The highest BCUT2D eigenvalue weighted by molar-refractivity contribution is 6.36. The number of hydrogen-bond acceptors (Lipinski definition) is 2. The molecule has 0 aromatic heterocycles. The van der Waals surface area contributed by atoms with Crippen molar-refractivity contribution in [2.45, 2.75) is 13.2 Å². The Morgan fingerprint density at radius 2 is 1.76 bits per heavy atom. The number of benzene rings is 2. The second-order valence-corrected chi connectivity index (χ2v) is 4.89. The van der Waals surface area contributed by atoms with E-state index in [2.05, 4.69) is 10.1 Å². The fourth-order valence-electron chi connectivity index (χ4n) is 1.69. The van der Waals surface area contributed by atoms with E-state index in [9.17, 15) is 13.2 Å². The van der Waals surface area contributed by atoms with E-state index < -0.39 is 18.2 Å². The number of anilines is 1. The van der Waals surface area contributed by atoms with Crippen LogP contribution in [0.15, 0.2) is 36.4 Å². The highest BCUT2D eigenvalue weighted by Crippen LogP contribution is 2.27. The molecule has 2 rings (SSSR count). The van der Waals surface area contributed by atoms with Gasteiger partial charge in [-0.15, -0.1) is 0 Å². The molecule has 0 saturated heterocycles. The number of halogens is 5. The van der Waals surface area contributed by atoms with Crippen LogP contribution in [-0.4, -0.2) is 6.61 Å². The van der Waals surface area contributed by atoms with Gasteiger partial charge in [-0.2, -0.15) is 8.78 Å². The summed E-state index contributed by atoms with van der Waals surface area (Å²) in [6, 6.07) is 8.69. The zero-order valence-corrected chi connectivity index (χ0v) is 12.1. The highest BCUT2D eigenvalue weighted by atomic mass is 35.5. The maximum atomic E-state index is 13.5. The molecular formula is C14H10Cl2F3NO. The van der Waals surface area contributed by atoms with Gasteiger partial charge in [0.25, 0.3) is 0 Å². The molecule has 0 aliphatic rings. The fraction of sp³-hybridized carbons (Fsp3) is 0.143. The number of rotatable bonds is 5. The zero-order valence-electron chi connectivity index (χ0n) is 10.5. The number of hydrogen-bond donors (Lipinski definition) is 1. The molecule has 0 atom stereocenters. The lowest BCUT2D eigenvalue weighted by molar-refractivity contribution is -0.0521. The minimum atomic E-state index is -3.07. The molecule has 0 bridgehead atoms. The van der Waals surface area contributed by atoms with Crippen molar-refractivity contribution >= 4 is 28.9 Å². The molecule has 0 radical (unpaired) electrons. The van der Waals surface area contributed by atoms with Gasteiger partial charge < -0.3 is 10.1 Å². The van der Waals surface area contributed by atoms with Gasteiger partial charge in [0.05, 0.1) is 0 Å². The van der Waals surface area contributed by atoms with Gasteiger partial charge in [0, 0.05) is 33.9 Å². The Balaban J connectivity index is 2.09. The molecule has 0 heterocycles. The quantitative estimate of drug-likeness (QED) is 0.795. The first-order chi connectivity index (χ1) is 9.97. The minimum Gasteiger partial charge on any atom is -0.432 e. The van der Waals surface area contributed by atoms with Crippen molar-refractivity contribution in [3.05, 3.63) is 57.8 Å². The van der Waals surface area contributed by atoms with E-state index in [0.717, 1.165) is 12.1 Å². The van der Waals surface area contributed by atoms with Crippen LogP contribution < -0.4 is 10.1 Å². The third-order valence-corrected chi connectivity index (χ3v) is 3.39. The molecule has 0 fully saturated rings. The van der Waals surface area contributed by atoms with Crippen LogP contribution in [0.2, 0.25) is 10.0 Å². The van der Waals surface area contributed by atoms with Crippen LogP contribution in [0.4, 0.5) is 18.9 Å². The summed E-state index contributed by atoms with van der Waals surface area (Å²) in [5.74, 6) is -1.39. The van der Waals surface area contributed by atoms with Crippen LogP contribution in [0.3, 0.4) is 0 Å². The largest absolute Gasteiger partial charge is 0.432 e. The van der Waals surface area contributed by atoms with Gasteiger partial charge in [0.1, 0.15) is 0 Å². The first kappa shape index (κ1) is 15.8. The van der Waals surface area contributed by atoms with Gasteiger partial charge >= 0.3 is 6.61 Å². The van der Waals surface area contributed by atoms with Crippen LogP contribution in [0.25, 0.3) is 0 Å². The summed E-state index contributed by atoms with van der Waals surface area (Å²) in [5.41, 5.74) is 1.05. The lowest BCUT2D eigenvalue weighted by Gasteiger charge is -2.11. The molecule has 0 saturated carbocycles. The van der Waals surface area contributed by atoms with Gasteiger partial charge in [-0.1, -0.05) is 29.3 Å². The predicted octanol–water partition coefficient (Wildman–Crippen LogP) is 5.35. The molecule has 1 N–H and O–H groups in total. The summed E-state index contributed by atoms with van der Waals surface area (Å²) >= 11 is 12.0. The summed E-state index contributed by atoms with van der Waals surface area (Å²) in [6.07, 6.45) is 0. The van der Waals surface area contributed by atoms with E-state index in [1.165, 1.54) is 6.07 Å². The second-order valence-electron chi connectivity index (χ2n) is 4.08. The summed E-state index contributed by atoms with van der Waals surface area (Å²) in [7, 11) is 0. The second kappa shape index (κ2) is 6.91. The molecule has 7 heteroatoms. The number of alkyl halides is 2. The minimum absolute atomic E-state index is 0.271. The standard InChI is InChI=1S/C14H10Cl2F3NO/c15-10-2-1-3-11(16)9(10)7-20-8-4-5-13(12(17)6-8)21-14(18)19/h1-6,14,20H,7H2. The smallest absolute Gasteiger partial charge is 0.387 e. The van der Waals surface area contributed by atoms with E-state index in [4.69, 9.17) is 23.2 Å². The van der Waals surface area contributed by atoms with Gasteiger partial charge in [0.15, 0.2) is 11.6 Å². The Morgan fingerprint density at radius 3 is 2.33 bits per heavy atom. The third-order valence-electron chi connectivity index (χ3n) is 2.68. The molecule has 0 amide bonds. The van der Waals surface area contributed by atoms with E-state index in [1.54, 1.807) is 18.2 Å². The third kappa shape index (κ3) is 4.19. The van der Waals surface area contributed by atoms with Crippen molar-refractivity contribution in [1.29, 1.82) is 0 Å². The van der Waals surface area contributed by atoms with E-state index in [0.29, 0.717) is 21.3 Å². The monoisotopic (exact) mass is 335 g/mol. The van der Waals surface area contributed by atoms with Crippen molar-refractivity contribution in [2.75, 3.05) is 5.32 Å². The topological polar surface area (TPSA) is 21.3 Å². The molecule has 0 aliphatic carbocycles. The Morgan fingerprint density at radius 1 is 1.10 bits per heavy atom. The summed E-state index contributed by atoms with van der Waals surface area (Å²) in [4.78, 5) is 0. The molecule has 21 heavy (non-hydrogen) atoms. The Kier molecular flexibility index (Phi) is 5.20. The van der Waals surface area contributed by atoms with Crippen molar-refractivity contribution in [1.82, 2.24) is 0 Å². The molecule has 2 aromatic rings. The molecule has 2 nitrogen and oxygen atoms in total. The zero-order chi connectivity index (χ0) is 15.4. The average Bonchev–Trinajstić information content (AvgIpc) is 2.41. The lowest BCUT2D eigenvalue weighted by Crippen LogP contribution is -2.05. The predicted molar refractivity (Wildman–Crippen MR) is 76.8 cm³/mol. The molecular weight excluding hydrogens is 326 g/mol.